The Morgan fingerprint density at radius 1 is 1.35 bits per heavy atom. The number of likely N-dealkylation sites (tertiary alicyclic amines) is 1. The van der Waals surface area contributed by atoms with E-state index in [9.17, 15) is 4.79 Å². The molecule has 1 amide bonds. The molecule has 2 fully saturated rings. The molecule has 0 spiro atoms. The first-order valence-corrected chi connectivity index (χ1v) is 8.28. The Morgan fingerprint density at radius 2 is 2.17 bits per heavy atom. The van der Waals surface area contributed by atoms with E-state index in [2.05, 4.69) is 24.0 Å². The van der Waals surface area contributed by atoms with Crippen molar-refractivity contribution >= 4 is 5.91 Å². The van der Waals surface area contributed by atoms with Crippen LogP contribution in [0.25, 0.3) is 0 Å². The first-order valence-electron chi connectivity index (χ1n) is 8.28. The van der Waals surface area contributed by atoms with Gasteiger partial charge < -0.3 is 14.4 Å². The third kappa shape index (κ3) is 3.67. The van der Waals surface area contributed by atoms with Gasteiger partial charge in [-0.1, -0.05) is 6.07 Å². The number of carbonyl (C=O) groups is 1. The molecule has 0 saturated carbocycles. The Morgan fingerprint density at radius 3 is 2.91 bits per heavy atom. The second-order valence-corrected chi connectivity index (χ2v) is 6.70. The molecular formula is C18H26N2O3. The van der Waals surface area contributed by atoms with Crippen molar-refractivity contribution in [2.75, 3.05) is 40.4 Å². The molecule has 2 aliphatic rings. The van der Waals surface area contributed by atoms with Gasteiger partial charge in [0.25, 0.3) is 0 Å². The first-order chi connectivity index (χ1) is 11.1. The highest BCUT2D eigenvalue weighted by molar-refractivity contribution is 5.77. The van der Waals surface area contributed by atoms with Crippen molar-refractivity contribution in [3.63, 3.8) is 0 Å². The number of hydrogen-bond donors (Lipinski definition) is 0. The highest BCUT2D eigenvalue weighted by Crippen LogP contribution is 2.26. The normalized spacial score (nSPS) is 25.9. The number of hydrogen-bond acceptors (Lipinski definition) is 4. The van der Waals surface area contributed by atoms with Gasteiger partial charge in [-0.15, -0.1) is 0 Å². The maximum atomic E-state index is 11.8. The Balaban J connectivity index is 1.65. The van der Waals surface area contributed by atoms with Crippen LogP contribution in [0.4, 0.5) is 0 Å². The molecule has 5 heteroatoms. The molecule has 0 radical (unpaired) electrons. The molecule has 2 atom stereocenters. The number of nitrogens with zero attached hydrogens (tertiary/aromatic N) is 2. The van der Waals surface area contributed by atoms with Crippen molar-refractivity contribution in [2.24, 2.45) is 5.92 Å². The van der Waals surface area contributed by atoms with Gasteiger partial charge in [0.2, 0.25) is 5.91 Å². The number of likely N-dealkylation sites (N-methyl/N-ethyl adjacent to an activating group) is 1. The summed E-state index contributed by atoms with van der Waals surface area (Å²) in [7, 11) is 3.57. The van der Waals surface area contributed by atoms with Gasteiger partial charge in [0, 0.05) is 39.1 Å². The summed E-state index contributed by atoms with van der Waals surface area (Å²) in [6.45, 7) is 6.09. The molecule has 2 heterocycles. The van der Waals surface area contributed by atoms with Crippen molar-refractivity contribution < 1.29 is 14.3 Å². The number of carbonyl (C=O) groups excluding carboxylic acids is 1. The lowest BCUT2D eigenvalue weighted by Gasteiger charge is -2.38. The van der Waals surface area contributed by atoms with Gasteiger partial charge in [-0.3, -0.25) is 9.69 Å². The molecule has 0 aromatic heterocycles. The maximum absolute atomic E-state index is 11.8. The van der Waals surface area contributed by atoms with E-state index in [1.54, 1.807) is 7.11 Å². The van der Waals surface area contributed by atoms with Crippen LogP contribution >= 0.6 is 0 Å². The summed E-state index contributed by atoms with van der Waals surface area (Å²) in [6, 6.07) is 6.26. The predicted molar refractivity (Wildman–Crippen MR) is 88.5 cm³/mol. The summed E-state index contributed by atoms with van der Waals surface area (Å²) >= 11 is 0. The molecular weight excluding hydrogens is 292 g/mol. The SMILES string of the molecule is COc1ccc(CN2CC[C@@H]3OCC(=O)N(C)C[C@H]3C2)c(C)c1. The van der Waals surface area contributed by atoms with E-state index < -0.39 is 0 Å². The van der Waals surface area contributed by atoms with E-state index in [0.717, 1.165) is 38.3 Å². The largest absolute Gasteiger partial charge is 0.497 e. The molecule has 3 rings (SSSR count). The summed E-state index contributed by atoms with van der Waals surface area (Å²) in [5.41, 5.74) is 2.60. The number of methoxy groups -OCH3 is 1. The van der Waals surface area contributed by atoms with Crippen LogP contribution in [0.5, 0.6) is 5.75 Å². The number of ether oxygens (including phenoxy) is 2. The third-order valence-electron chi connectivity index (χ3n) is 5.05. The van der Waals surface area contributed by atoms with E-state index in [0.29, 0.717) is 5.92 Å². The quantitative estimate of drug-likeness (QED) is 0.850. The Labute approximate surface area is 138 Å². The summed E-state index contributed by atoms with van der Waals surface area (Å²) in [4.78, 5) is 16.1. The number of piperidine rings is 1. The number of amides is 1. The van der Waals surface area contributed by atoms with Crippen molar-refractivity contribution in [1.29, 1.82) is 0 Å². The molecule has 1 aromatic rings. The standard InChI is InChI=1S/C18H26N2O3/c1-13-8-16(22-3)5-4-14(13)10-20-7-6-17-15(11-20)9-19(2)18(21)12-23-17/h4-5,8,15,17H,6-7,9-12H2,1-3H3/t15-,17-/m0/s1. The van der Waals surface area contributed by atoms with Gasteiger partial charge in [0.1, 0.15) is 12.4 Å². The van der Waals surface area contributed by atoms with E-state index in [1.165, 1.54) is 11.1 Å². The fourth-order valence-electron chi connectivity index (χ4n) is 3.58. The monoisotopic (exact) mass is 318 g/mol. The zero-order valence-corrected chi connectivity index (χ0v) is 14.2. The summed E-state index contributed by atoms with van der Waals surface area (Å²) < 4.78 is 11.1. The van der Waals surface area contributed by atoms with Crippen molar-refractivity contribution in [2.45, 2.75) is 26.0 Å². The van der Waals surface area contributed by atoms with E-state index in [4.69, 9.17) is 9.47 Å². The molecule has 0 N–H and O–H groups in total. The maximum Gasteiger partial charge on any atom is 0.248 e. The molecule has 0 bridgehead atoms. The van der Waals surface area contributed by atoms with Crippen molar-refractivity contribution in [3.8, 4) is 5.75 Å². The highest BCUT2D eigenvalue weighted by Gasteiger charge is 2.34. The third-order valence-corrected chi connectivity index (χ3v) is 5.05. The highest BCUT2D eigenvalue weighted by atomic mass is 16.5. The number of fused-ring (bicyclic) bond motifs is 1. The Kier molecular flexibility index (Phi) is 4.87. The lowest BCUT2D eigenvalue weighted by molar-refractivity contribution is -0.133. The van der Waals surface area contributed by atoms with Gasteiger partial charge in [-0.2, -0.15) is 0 Å². The second-order valence-electron chi connectivity index (χ2n) is 6.70. The minimum absolute atomic E-state index is 0.0944. The van der Waals surface area contributed by atoms with Gasteiger partial charge in [0.05, 0.1) is 13.2 Å². The zero-order valence-electron chi connectivity index (χ0n) is 14.2. The second kappa shape index (κ2) is 6.89. The van der Waals surface area contributed by atoms with Gasteiger partial charge in [-0.25, -0.2) is 0 Å². The van der Waals surface area contributed by atoms with Crippen LogP contribution in [0.15, 0.2) is 18.2 Å². The Hall–Kier alpha value is -1.59. The van der Waals surface area contributed by atoms with Crippen molar-refractivity contribution in [3.05, 3.63) is 29.3 Å². The molecule has 126 valence electrons. The van der Waals surface area contributed by atoms with Gasteiger partial charge >= 0.3 is 0 Å². The Bertz CT molecular complexity index is 575. The number of benzene rings is 1. The number of aryl methyl sites for hydroxylation is 1. The smallest absolute Gasteiger partial charge is 0.248 e. The summed E-state index contributed by atoms with van der Waals surface area (Å²) in [6.07, 6.45) is 1.22. The molecule has 0 unspecified atom stereocenters. The predicted octanol–water partition coefficient (Wildman–Crippen LogP) is 1.68. The van der Waals surface area contributed by atoms with Crippen LogP contribution in [-0.4, -0.2) is 62.2 Å². The van der Waals surface area contributed by atoms with Crippen LogP contribution in [0.3, 0.4) is 0 Å². The minimum atomic E-state index is 0.0944. The fourth-order valence-corrected chi connectivity index (χ4v) is 3.58. The molecule has 23 heavy (non-hydrogen) atoms. The van der Waals surface area contributed by atoms with Crippen LogP contribution in [0.1, 0.15) is 17.5 Å². The molecule has 5 nitrogen and oxygen atoms in total. The van der Waals surface area contributed by atoms with Crippen LogP contribution in [0, 0.1) is 12.8 Å². The molecule has 2 saturated heterocycles. The number of rotatable bonds is 3. The van der Waals surface area contributed by atoms with E-state index >= 15 is 0 Å². The van der Waals surface area contributed by atoms with E-state index in [1.807, 2.05) is 18.0 Å². The van der Waals surface area contributed by atoms with Crippen LogP contribution in [0.2, 0.25) is 0 Å². The van der Waals surface area contributed by atoms with Crippen LogP contribution in [-0.2, 0) is 16.1 Å². The molecule has 1 aromatic carbocycles. The van der Waals surface area contributed by atoms with Crippen molar-refractivity contribution in [1.82, 2.24) is 9.80 Å². The van der Waals surface area contributed by atoms with Gasteiger partial charge in [-0.05, 0) is 36.6 Å². The summed E-state index contributed by atoms with van der Waals surface area (Å²) in [5, 5.41) is 0. The lowest BCUT2D eigenvalue weighted by atomic mass is 9.93. The average Bonchev–Trinajstić information content (AvgIpc) is 2.68. The summed E-state index contributed by atoms with van der Waals surface area (Å²) in [5.74, 6) is 1.40. The molecule has 0 aliphatic carbocycles. The average molecular weight is 318 g/mol. The minimum Gasteiger partial charge on any atom is -0.497 e. The van der Waals surface area contributed by atoms with Gasteiger partial charge in [0.15, 0.2) is 0 Å². The lowest BCUT2D eigenvalue weighted by Crippen LogP contribution is -2.46. The zero-order chi connectivity index (χ0) is 16.4. The first kappa shape index (κ1) is 16.3. The topological polar surface area (TPSA) is 42.0 Å². The van der Waals surface area contributed by atoms with Crippen LogP contribution < -0.4 is 4.74 Å². The fraction of sp³-hybridized carbons (Fsp3) is 0.611. The van der Waals surface area contributed by atoms with E-state index in [-0.39, 0.29) is 18.6 Å². The molecule has 2 aliphatic heterocycles.